The molecular weight excluding hydrogens is 350 g/mol. The number of hydrogen-bond donors (Lipinski definition) is 1. The van der Waals surface area contributed by atoms with Gasteiger partial charge in [-0.3, -0.25) is 14.2 Å². The Morgan fingerprint density at radius 1 is 1.31 bits per heavy atom. The molecule has 1 heterocycles. The fourth-order valence-corrected chi connectivity index (χ4v) is 2.94. The molecule has 1 aromatic carbocycles. The quantitative estimate of drug-likeness (QED) is 0.615. The molecule has 6 nitrogen and oxygen atoms in total. The van der Waals surface area contributed by atoms with E-state index in [4.69, 9.17) is 4.74 Å². The van der Waals surface area contributed by atoms with Crippen molar-refractivity contribution >= 4 is 23.5 Å². The van der Waals surface area contributed by atoms with Gasteiger partial charge in [0.05, 0.1) is 17.3 Å². The molecule has 1 N–H and O–H groups in total. The van der Waals surface area contributed by atoms with Crippen LogP contribution in [-0.4, -0.2) is 27.4 Å². The molecule has 0 radical (unpaired) electrons. The van der Waals surface area contributed by atoms with Gasteiger partial charge < -0.3 is 10.1 Å². The second-order valence-corrected chi connectivity index (χ2v) is 7.73. The highest BCUT2D eigenvalue weighted by Gasteiger charge is 2.20. The molecule has 1 aromatic heterocycles. The van der Waals surface area contributed by atoms with Gasteiger partial charge in [-0.15, -0.1) is 11.8 Å². The highest BCUT2D eigenvalue weighted by molar-refractivity contribution is 7.98. The standard InChI is InChI=1S/C19H25N3O3S/c1-13(14-9-7-6-8-10-14)21-17-18(24)22(15(26-5)11-20-17)12-16(23)25-19(2,3)4/h6-11,13H,12H2,1-5H3,(H,20,21). The Hall–Kier alpha value is -2.28. The number of carbonyl (C=O) groups is 1. The van der Waals surface area contributed by atoms with Crippen LogP contribution in [0.15, 0.2) is 46.3 Å². The Morgan fingerprint density at radius 2 is 1.96 bits per heavy atom. The first kappa shape index (κ1) is 20.0. The van der Waals surface area contributed by atoms with Crippen molar-refractivity contribution in [3.05, 3.63) is 52.4 Å². The minimum atomic E-state index is -0.601. The SMILES string of the molecule is CSc1cnc(NC(C)c2ccccc2)c(=O)n1CC(=O)OC(C)(C)C. The average molecular weight is 375 g/mol. The molecule has 140 valence electrons. The lowest BCUT2D eigenvalue weighted by molar-refractivity contribution is -0.155. The summed E-state index contributed by atoms with van der Waals surface area (Å²) in [5.74, 6) is -0.245. The molecule has 0 saturated heterocycles. The van der Waals surface area contributed by atoms with E-state index in [2.05, 4.69) is 10.3 Å². The van der Waals surface area contributed by atoms with Crippen molar-refractivity contribution in [1.29, 1.82) is 0 Å². The third kappa shape index (κ3) is 5.36. The molecule has 7 heteroatoms. The van der Waals surface area contributed by atoms with E-state index >= 15 is 0 Å². The summed E-state index contributed by atoms with van der Waals surface area (Å²) >= 11 is 1.36. The number of esters is 1. The van der Waals surface area contributed by atoms with Gasteiger partial charge in [0.1, 0.15) is 12.1 Å². The number of anilines is 1. The van der Waals surface area contributed by atoms with Crippen LogP contribution in [0.3, 0.4) is 0 Å². The largest absolute Gasteiger partial charge is 0.459 e. The van der Waals surface area contributed by atoms with Gasteiger partial charge in [-0.25, -0.2) is 4.98 Å². The molecule has 0 aliphatic heterocycles. The van der Waals surface area contributed by atoms with E-state index in [9.17, 15) is 9.59 Å². The number of nitrogens with zero attached hydrogens (tertiary/aromatic N) is 2. The Kier molecular flexibility index (Phi) is 6.47. The van der Waals surface area contributed by atoms with Crippen LogP contribution in [0.4, 0.5) is 5.82 Å². The summed E-state index contributed by atoms with van der Waals surface area (Å²) < 4.78 is 6.73. The van der Waals surface area contributed by atoms with E-state index in [1.807, 2.05) is 43.5 Å². The second-order valence-electron chi connectivity index (χ2n) is 6.90. The molecule has 0 spiro atoms. The number of benzene rings is 1. The highest BCUT2D eigenvalue weighted by atomic mass is 32.2. The van der Waals surface area contributed by atoms with Crippen LogP contribution >= 0.6 is 11.8 Å². The lowest BCUT2D eigenvalue weighted by atomic mass is 10.1. The topological polar surface area (TPSA) is 73.2 Å². The van der Waals surface area contributed by atoms with E-state index in [0.717, 1.165) is 5.56 Å². The lowest BCUT2D eigenvalue weighted by Gasteiger charge is -2.21. The van der Waals surface area contributed by atoms with Crippen LogP contribution in [0.2, 0.25) is 0 Å². The maximum absolute atomic E-state index is 12.8. The van der Waals surface area contributed by atoms with E-state index in [0.29, 0.717) is 5.03 Å². The van der Waals surface area contributed by atoms with Crippen molar-refractivity contribution in [3.8, 4) is 0 Å². The van der Waals surface area contributed by atoms with E-state index in [1.54, 1.807) is 27.0 Å². The zero-order chi connectivity index (χ0) is 19.3. The number of thioether (sulfide) groups is 1. The van der Waals surface area contributed by atoms with Gasteiger partial charge in [0, 0.05) is 0 Å². The van der Waals surface area contributed by atoms with Gasteiger partial charge in [0.15, 0.2) is 5.82 Å². The zero-order valence-electron chi connectivity index (χ0n) is 15.8. The summed E-state index contributed by atoms with van der Waals surface area (Å²) in [7, 11) is 0. The van der Waals surface area contributed by atoms with Crippen LogP contribution in [0.5, 0.6) is 0 Å². The van der Waals surface area contributed by atoms with Crippen LogP contribution < -0.4 is 10.9 Å². The molecule has 26 heavy (non-hydrogen) atoms. The predicted octanol–water partition coefficient (Wildman–Crippen LogP) is 3.48. The molecule has 0 saturated carbocycles. The molecule has 2 aromatic rings. The number of carbonyl (C=O) groups excluding carboxylic acids is 1. The Morgan fingerprint density at radius 3 is 2.54 bits per heavy atom. The third-order valence-corrected chi connectivity index (χ3v) is 4.33. The second kappa shape index (κ2) is 8.40. The van der Waals surface area contributed by atoms with Crippen molar-refractivity contribution < 1.29 is 9.53 Å². The normalized spacial score (nSPS) is 12.5. The monoisotopic (exact) mass is 375 g/mol. The molecular formula is C19H25N3O3S. The van der Waals surface area contributed by atoms with Crippen molar-refractivity contribution in [1.82, 2.24) is 9.55 Å². The Balaban J connectivity index is 2.27. The summed E-state index contributed by atoms with van der Waals surface area (Å²) in [5, 5.41) is 3.74. The van der Waals surface area contributed by atoms with Crippen LogP contribution in [0.25, 0.3) is 0 Å². The molecule has 0 bridgehead atoms. The Labute approximate surface area is 158 Å². The third-order valence-electron chi connectivity index (χ3n) is 3.59. The van der Waals surface area contributed by atoms with Crippen molar-refractivity contribution in [2.45, 2.75) is 50.9 Å². The first-order valence-electron chi connectivity index (χ1n) is 8.38. The molecule has 1 atom stereocenters. The molecule has 0 aliphatic carbocycles. The van der Waals surface area contributed by atoms with Crippen molar-refractivity contribution in [3.63, 3.8) is 0 Å². The molecule has 0 aliphatic rings. The van der Waals surface area contributed by atoms with Crippen LogP contribution in [-0.2, 0) is 16.1 Å². The minimum absolute atomic E-state index is 0.0912. The van der Waals surface area contributed by atoms with Crippen LogP contribution in [0, 0.1) is 0 Å². The summed E-state index contributed by atoms with van der Waals surface area (Å²) in [4.78, 5) is 29.2. The summed E-state index contributed by atoms with van der Waals surface area (Å²) in [6, 6.07) is 9.69. The number of nitrogens with one attached hydrogen (secondary N) is 1. The number of rotatable bonds is 6. The average Bonchev–Trinajstić information content (AvgIpc) is 2.57. The van der Waals surface area contributed by atoms with Crippen molar-refractivity contribution in [2.24, 2.45) is 0 Å². The zero-order valence-corrected chi connectivity index (χ0v) is 16.6. The summed E-state index contributed by atoms with van der Waals surface area (Å²) in [5.41, 5.74) is 0.0997. The summed E-state index contributed by atoms with van der Waals surface area (Å²) in [6.45, 7) is 7.19. The van der Waals surface area contributed by atoms with Gasteiger partial charge in [-0.05, 0) is 39.5 Å². The van der Waals surface area contributed by atoms with Gasteiger partial charge in [-0.2, -0.15) is 0 Å². The van der Waals surface area contributed by atoms with E-state index in [-0.39, 0.29) is 24.0 Å². The van der Waals surface area contributed by atoms with Gasteiger partial charge in [0.2, 0.25) is 0 Å². The maximum Gasteiger partial charge on any atom is 0.326 e. The van der Waals surface area contributed by atoms with E-state index < -0.39 is 11.6 Å². The molecule has 0 fully saturated rings. The number of ether oxygens (including phenoxy) is 1. The molecule has 2 rings (SSSR count). The number of aromatic nitrogens is 2. The first-order valence-corrected chi connectivity index (χ1v) is 9.61. The summed E-state index contributed by atoms with van der Waals surface area (Å²) in [6.07, 6.45) is 3.43. The fourth-order valence-electron chi connectivity index (χ4n) is 2.42. The van der Waals surface area contributed by atoms with Gasteiger partial charge in [-0.1, -0.05) is 30.3 Å². The highest BCUT2D eigenvalue weighted by Crippen LogP contribution is 2.18. The minimum Gasteiger partial charge on any atom is -0.459 e. The first-order chi connectivity index (χ1) is 12.2. The molecule has 0 amide bonds. The van der Waals surface area contributed by atoms with Gasteiger partial charge in [0.25, 0.3) is 5.56 Å². The van der Waals surface area contributed by atoms with Crippen molar-refractivity contribution in [2.75, 3.05) is 11.6 Å². The van der Waals surface area contributed by atoms with Crippen LogP contribution in [0.1, 0.15) is 39.3 Å². The fraction of sp³-hybridized carbons (Fsp3) is 0.421. The smallest absolute Gasteiger partial charge is 0.326 e. The predicted molar refractivity (Wildman–Crippen MR) is 105 cm³/mol. The Bertz CT molecular complexity index is 813. The molecule has 1 unspecified atom stereocenters. The van der Waals surface area contributed by atoms with Gasteiger partial charge >= 0.3 is 5.97 Å². The number of hydrogen-bond acceptors (Lipinski definition) is 6. The lowest BCUT2D eigenvalue weighted by Crippen LogP contribution is -2.33. The maximum atomic E-state index is 12.8. The van der Waals surface area contributed by atoms with E-state index in [1.165, 1.54) is 16.3 Å².